The molecule has 4 nitrogen and oxygen atoms in total. The molecule has 0 saturated heterocycles. The Morgan fingerprint density at radius 1 is 0.659 bits per heavy atom. The third kappa shape index (κ3) is 4.04. The number of para-hydroxylation sites is 1. The molecule has 7 aromatic rings. The van der Waals surface area contributed by atoms with Gasteiger partial charge in [-0.15, -0.1) is 11.3 Å². The van der Waals surface area contributed by atoms with Crippen molar-refractivity contribution in [2.24, 2.45) is 15.9 Å². The molecule has 2 unspecified atom stereocenters. The zero-order valence-corrected chi connectivity index (χ0v) is 24.7. The summed E-state index contributed by atoms with van der Waals surface area (Å²) in [6.45, 7) is 0. The molecule has 1 N–H and O–H groups in total. The van der Waals surface area contributed by atoms with Gasteiger partial charge in [-0.2, -0.15) is 0 Å². The van der Waals surface area contributed by atoms with Crippen molar-refractivity contribution in [1.29, 1.82) is 0 Å². The molecule has 3 heterocycles. The van der Waals surface area contributed by atoms with Crippen molar-refractivity contribution in [2.75, 3.05) is 0 Å². The zero-order valence-electron chi connectivity index (χ0n) is 23.9. The lowest BCUT2D eigenvalue weighted by Crippen LogP contribution is -2.43. The van der Waals surface area contributed by atoms with Crippen LogP contribution in [0, 0.1) is 5.92 Å². The summed E-state index contributed by atoms with van der Waals surface area (Å²) >= 11 is 1.87. The van der Waals surface area contributed by atoms with Crippen LogP contribution < -0.4 is 5.32 Å². The quantitative estimate of drug-likeness (QED) is 0.220. The Morgan fingerprint density at radius 2 is 1.45 bits per heavy atom. The van der Waals surface area contributed by atoms with Gasteiger partial charge >= 0.3 is 0 Å². The molecule has 0 spiro atoms. The number of thiophene rings is 1. The van der Waals surface area contributed by atoms with Crippen LogP contribution >= 0.6 is 11.3 Å². The van der Waals surface area contributed by atoms with Gasteiger partial charge < -0.3 is 9.88 Å². The normalized spacial score (nSPS) is 18.2. The highest BCUT2D eigenvalue weighted by Crippen LogP contribution is 2.43. The highest BCUT2D eigenvalue weighted by molar-refractivity contribution is 7.26. The second kappa shape index (κ2) is 10.2. The number of hydrogen-bond acceptors (Lipinski definition) is 4. The van der Waals surface area contributed by atoms with E-state index in [0.717, 1.165) is 34.9 Å². The molecular formula is C39H28N4S. The Bertz CT molecular complexity index is 2340. The van der Waals surface area contributed by atoms with Crippen LogP contribution in [-0.4, -0.2) is 22.4 Å². The maximum absolute atomic E-state index is 5.05. The van der Waals surface area contributed by atoms with E-state index in [-0.39, 0.29) is 12.1 Å². The fourth-order valence-electron chi connectivity index (χ4n) is 6.70. The molecular weight excluding hydrogens is 557 g/mol. The Labute approximate surface area is 259 Å². The number of fused-ring (bicyclic) bond motifs is 7. The first-order chi connectivity index (χ1) is 21.8. The molecule has 0 fully saturated rings. The number of amidine groups is 2. The van der Waals surface area contributed by atoms with Gasteiger partial charge in [0.2, 0.25) is 0 Å². The molecule has 1 aliphatic carbocycles. The van der Waals surface area contributed by atoms with Gasteiger partial charge in [0, 0.05) is 53.7 Å². The second-order valence-corrected chi connectivity index (χ2v) is 12.5. The zero-order chi connectivity index (χ0) is 29.0. The van der Waals surface area contributed by atoms with Crippen LogP contribution in [0.1, 0.15) is 17.5 Å². The van der Waals surface area contributed by atoms with E-state index in [4.69, 9.17) is 9.98 Å². The summed E-state index contributed by atoms with van der Waals surface area (Å²) in [6.07, 6.45) is 9.54. The summed E-state index contributed by atoms with van der Waals surface area (Å²) in [5.74, 6) is 1.89. The highest BCUT2D eigenvalue weighted by Gasteiger charge is 2.25. The monoisotopic (exact) mass is 584 g/mol. The van der Waals surface area contributed by atoms with E-state index in [1.165, 1.54) is 42.0 Å². The van der Waals surface area contributed by atoms with E-state index in [1.807, 2.05) is 29.5 Å². The fourth-order valence-corrected chi connectivity index (χ4v) is 7.82. The van der Waals surface area contributed by atoms with Crippen LogP contribution in [0.25, 0.3) is 47.7 Å². The van der Waals surface area contributed by atoms with Gasteiger partial charge in [0.25, 0.3) is 0 Å². The van der Waals surface area contributed by atoms with Crippen molar-refractivity contribution >= 4 is 65.0 Å². The van der Waals surface area contributed by atoms with Crippen molar-refractivity contribution in [1.82, 2.24) is 9.88 Å². The number of benzene rings is 5. The van der Waals surface area contributed by atoms with Crippen molar-refractivity contribution in [3.05, 3.63) is 151 Å². The maximum atomic E-state index is 5.05. The third-order valence-electron chi connectivity index (χ3n) is 8.79. The fraction of sp³-hybridized carbons (Fsp3) is 0.0769. The average Bonchev–Trinajstić information content (AvgIpc) is 3.64. The van der Waals surface area contributed by atoms with E-state index < -0.39 is 0 Å². The number of hydrogen-bond donors (Lipinski definition) is 1. The van der Waals surface area contributed by atoms with Gasteiger partial charge in [-0.05, 0) is 55.0 Å². The van der Waals surface area contributed by atoms with Crippen LogP contribution in [0.15, 0.2) is 150 Å². The van der Waals surface area contributed by atoms with Crippen LogP contribution in [0.2, 0.25) is 0 Å². The Balaban J connectivity index is 1.16. The minimum absolute atomic E-state index is 0.0845. The molecule has 1 aliphatic heterocycles. The van der Waals surface area contributed by atoms with E-state index >= 15 is 0 Å². The minimum atomic E-state index is -0.0845. The van der Waals surface area contributed by atoms with E-state index in [0.29, 0.717) is 0 Å². The number of nitrogens with one attached hydrogen (secondary N) is 1. The third-order valence-corrected chi connectivity index (χ3v) is 9.93. The summed E-state index contributed by atoms with van der Waals surface area (Å²) in [7, 11) is 0. The lowest BCUT2D eigenvalue weighted by molar-refractivity contribution is 0.475. The van der Waals surface area contributed by atoms with Crippen LogP contribution in [0.3, 0.4) is 0 Å². The second-order valence-electron chi connectivity index (χ2n) is 11.4. The van der Waals surface area contributed by atoms with Crippen molar-refractivity contribution in [2.45, 2.75) is 12.6 Å². The first-order valence-corrected chi connectivity index (χ1v) is 15.9. The van der Waals surface area contributed by atoms with Crippen molar-refractivity contribution in [3.8, 4) is 5.69 Å². The Kier molecular flexibility index (Phi) is 5.84. The first kappa shape index (κ1) is 25.3. The summed E-state index contributed by atoms with van der Waals surface area (Å²) in [6, 6.07) is 41.2. The van der Waals surface area contributed by atoms with Crippen LogP contribution in [0.5, 0.6) is 0 Å². The summed E-state index contributed by atoms with van der Waals surface area (Å²) < 4.78 is 5.05. The maximum Gasteiger partial charge on any atom is 0.159 e. The minimum Gasteiger partial charge on any atom is -0.347 e. The van der Waals surface area contributed by atoms with Gasteiger partial charge in [-0.1, -0.05) is 91.0 Å². The Morgan fingerprint density at radius 3 is 2.30 bits per heavy atom. The number of allylic oxidation sites excluding steroid dienone is 3. The lowest BCUT2D eigenvalue weighted by Gasteiger charge is -2.28. The number of aromatic nitrogens is 1. The molecule has 44 heavy (non-hydrogen) atoms. The summed E-state index contributed by atoms with van der Waals surface area (Å²) in [4.78, 5) is 10.1. The molecule has 2 aromatic heterocycles. The van der Waals surface area contributed by atoms with Crippen LogP contribution in [-0.2, 0) is 0 Å². The number of aliphatic imine (C=N–C) groups is 2. The largest absolute Gasteiger partial charge is 0.347 e. The topological polar surface area (TPSA) is 41.7 Å². The summed E-state index contributed by atoms with van der Waals surface area (Å²) in [5.41, 5.74) is 5.63. The summed E-state index contributed by atoms with van der Waals surface area (Å²) in [5, 5.41) is 8.93. The SMILES string of the molecule is C1=CCC(C2N=C(c3ccccc3)N=C(c3ccc(-n4c5ccccc5c5c6c(ccc54)sc4ccccc46)cc3)N2)C=C1. The molecule has 0 bridgehead atoms. The predicted molar refractivity (Wildman–Crippen MR) is 186 cm³/mol. The Hall–Kier alpha value is -5.26. The molecule has 5 aromatic carbocycles. The highest BCUT2D eigenvalue weighted by atomic mass is 32.1. The molecule has 0 saturated carbocycles. The molecule has 2 atom stereocenters. The molecule has 0 radical (unpaired) electrons. The van der Waals surface area contributed by atoms with E-state index in [2.05, 4.69) is 131 Å². The molecule has 2 aliphatic rings. The number of rotatable bonds is 4. The number of nitrogens with zero attached hydrogens (tertiary/aromatic N) is 3. The standard InChI is InChI=1S/C39H28N4S/c1-3-11-25(12-4-1)37-40-38(26-13-5-2-6-14-26)42-39(41-37)27-19-21-28(22-20-27)43-31-17-9-7-15-29(31)35-32(43)23-24-34-36(35)30-16-8-10-18-33(30)44-34/h1-13,15-24,26,38H,14H2,(H,40,41,42). The lowest BCUT2D eigenvalue weighted by atomic mass is 9.96. The van der Waals surface area contributed by atoms with Gasteiger partial charge in [0.05, 0.1) is 11.0 Å². The molecule has 9 rings (SSSR count). The predicted octanol–water partition coefficient (Wildman–Crippen LogP) is 9.41. The smallest absolute Gasteiger partial charge is 0.159 e. The van der Waals surface area contributed by atoms with Crippen LogP contribution in [0.4, 0.5) is 0 Å². The molecule has 0 amide bonds. The van der Waals surface area contributed by atoms with Gasteiger partial charge in [-0.3, -0.25) is 0 Å². The molecule has 5 heteroatoms. The van der Waals surface area contributed by atoms with Gasteiger partial charge in [-0.25, -0.2) is 9.98 Å². The average molecular weight is 585 g/mol. The first-order valence-electron chi connectivity index (χ1n) is 15.1. The van der Waals surface area contributed by atoms with E-state index in [9.17, 15) is 0 Å². The molecule has 210 valence electrons. The van der Waals surface area contributed by atoms with Gasteiger partial charge in [0.1, 0.15) is 12.0 Å². The van der Waals surface area contributed by atoms with Crippen molar-refractivity contribution < 1.29 is 0 Å². The van der Waals surface area contributed by atoms with Crippen molar-refractivity contribution in [3.63, 3.8) is 0 Å². The van der Waals surface area contributed by atoms with Gasteiger partial charge in [0.15, 0.2) is 5.84 Å². The van der Waals surface area contributed by atoms with E-state index in [1.54, 1.807) is 0 Å².